The summed E-state index contributed by atoms with van der Waals surface area (Å²) in [4.78, 5) is 0. The van der Waals surface area contributed by atoms with Gasteiger partial charge in [0, 0.05) is 15.6 Å². The van der Waals surface area contributed by atoms with Crippen LogP contribution in [0.2, 0.25) is 0 Å². The van der Waals surface area contributed by atoms with E-state index in [-0.39, 0.29) is 0 Å². The predicted molar refractivity (Wildman–Crippen MR) is 72.3 cm³/mol. The molecule has 1 heterocycles. The molecule has 0 saturated carbocycles. The fraction of sp³-hybridized carbons (Fsp3) is 0.0667. The molecular weight excluding hydrogens is 269 g/mol. The van der Waals surface area contributed by atoms with Crippen molar-refractivity contribution < 1.29 is 13.2 Å². The van der Waals surface area contributed by atoms with Gasteiger partial charge in [0.25, 0.3) is 0 Å². The summed E-state index contributed by atoms with van der Waals surface area (Å²) in [6.07, 6.45) is -4.30. The third-order valence-corrected chi connectivity index (χ3v) is 3.95. The van der Waals surface area contributed by atoms with Gasteiger partial charge in [0.15, 0.2) is 0 Å². The Bertz CT molecular complexity index is 725. The van der Waals surface area contributed by atoms with E-state index in [1.807, 2.05) is 29.6 Å². The highest BCUT2D eigenvalue weighted by molar-refractivity contribution is 7.17. The number of thiophene rings is 1. The quantitative estimate of drug-likeness (QED) is 0.544. The molecule has 96 valence electrons. The van der Waals surface area contributed by atoms with Crippen molar-refractivity contribution in [2.75, 3.05) is 0 Å². The van der Waals surface area contributed by atoms with Crippen molar-refractivity contribution in [3.63, 3.8) is 0 Å². The highest BCUT2D eigenvalue weighted by Gasteiger charge is 2.30. The first-order valence-corrected chi connectivity index (χ1v) is 6.57. The second-order valence-corrected chi connectivity index (χ2v) is 5.14. The van der Waals surface area contributed by atoms with Crippen LogP contribution in [0.5, 0.6) is 0 Å². The molecule has 19 heavy (non-hydrogen) atoms. The molecule has 4 heteroatoms. The van der Waals surface area contributed by atoms with Crippen molar-refractivity contribution in [3.8, 4) is 11.1 Å². The van der Waals surface area contributed by atoms with Crippen LogP contribution in [0.15, 0.2) is 53.9 Å². The van der Waals surface area contributed by atoms with Gasteiger partial charge in [-0.3, -0.25) is 0 Å². The molecule has 0 aliphatic rings. The van der Waals surface area contributed by atoms with Crippen molar-refractivity contribution >= 4 is 21.4 Å². The third-order valence-electron chi connectivity index (χ3n) is 2.98. The molecule has 0 spiro atoms. The van der Waals surface area contributed by atoms with Crippen LogP contribution in [-0.2, 0) is 6.18 Å². The predicted octanol–water partition coefficient (Wildman–Crippen LogP) is 5.59. The van der Waals surface area contributed by atoms with Gasteiger partial charge in [0.05, 0.1) is 5.56 Å². The second kappa shape index (κ2) is 4.38. The maximum atomic E-state index is 12.7. The van der Waals surface area contributed by atoms with E-state index in [0.29, 0.717) is 5.56 Å². The summed E-state index contributed by atoms with van der Waals surface area (Å²) < 4.78 is 39.3. The van der Waals surface area contributed by atoms with Crippen molar-refractivity contribution in [1.82, 2.24) is 0 Å². The standard InChI is InChI=1S/C15H9F3S/c16-15(17,18)11-5-3-4-10(8-11)13-9-19-14-7-2-1-6-12(13)14/h1-9H. The van der Waals surface area contributed by atoms with Gasteiger partial charge in [-0.2, -0.15) is 13.2 Å². The fourth-order valence-corrected chi connectivity index (χ4v) is 3.03. The first-order valence-electron chi connectivity index (χ1n) is 5.69. The number of hydrogen-bond donors (Lipinski definition) is 0. The largest absolute Gasteiger partial charge is 0.416 e. The molecule has 0 aliphatic carbocycles. The van der Waals surface area contributed by atoms with Gasteiger partial charge in [0.2, 0.25) is 0 Å². The Morgan fingerprint density at radius 2 is 1.68 bits per heavy atom. The number of halogens is 3. The molecule has 2 aromatic carbocycles. The van der Waals surface area contributed by atoms with Gasteiger partial charge in [-0.15, -0.1) is 11.3 Å². The van der Waals surface area contributed by atoms with E-state index in [0.717, 1.165) is 21.7 Å². The fourth-order valence-electron chi connectivity index (χ4n) is 2.06. The van der Waals surface area contributed by atoms with Crippen LogP contribution in [-0.4, -0.2) is 0 Å². The Hall–Kier alpha value is -1.81. The lowest BCUT2D eigenvalue weighted by Crippen LogP contribution is -2.04. The van der Waals surface area contributed by atoms with Crippen LogP contribution >= 0.6 is 11.3 Å². The number of fused-ring (bicyclic) bond motifs is 1. The van der Waals surface area contributed by atoms with Crippen LogP contribution in [0.3, 0.4) is 0 Å². The van der Waals surface area contributed by atoms with Crippen molar-refractivity contribution in [3.05, 3.63) is 59.5 Å². The Labute approximate surface area is 112 Å². The van der Waals surface area contributed by atoms with Gasteiger partial charge in [-0.25, -0.2) is 0 Å². The molecule has 0 bridgehead atoms. The van der Waals surface area contributed by atoms with Crippen LogP contribution in [0, 0.1) is 0 Å². The first-order chi connectivity index (χ1) is 9.05. The molecule has 0 unspecified atom stereocenters. The lowest BCUT2D eigenvalue weighted by molar-refractivity contribution is -0.137. The lowest BCUT2D eigenvalue weighted by Gasteiger charge is -2.08. The molecule has 1 aromatic heterocycles. The average molecular weight is 278 g/mol. The van der Waals surface area contributed by atoms with E-state index in [1.165, 1.54) is 12.1 Å². The van der Waals surface area contributed by atoms with Gasteiger partial charge >= 0.3 is 6.18 Å². The summed E-state index contributed by atoms with van der Waals surface area (Å²) in [5.41, 5.74) is 0.847. The number of rotatable bonds is 1. The molecule has 0 radical (unpaired) electrons. The topological polar surface area (TPSA) is 0 Å². The average Bonchev–Trinajstić information content (AvgIpc) is 2.82. The van der Waals surface area contributed by atoms with Crippen LogP contribution in [0.1, 0.15) is 5.56 Å². The Morgan fingerprint density at radius 1 is 0.895 bits per heavy atom. The van der Waals surface area contributed by atoms with E-state index in [9.17, 15) is 13.2 Å². The summed E-state index contributed by atoms with van der Waals surface area (Å²) in [7, 11) is 0. The molecule has 0 amide bonds. The third kappa shape index (κ3) is 2.24. The minimum atomic E-state index is -4.30. The van der Waals surface area contributed by atoms with Gasteiger partial charge < -0.3 is 0 Å². The van der Waals surface area contributed by atoms with E-state index >= 15 is 0 Å². The molecule has 0 fully saturated rings. The van der Waals surface area contributed by atoms with Crippen molar-refractivity contribution in [2.24, 2.45) is 0 Å². The van der Waals surface area contributed by atoms with Gasteiger partial charge in [-0.1, -0.05) is 30.3 Å². The first kappa shape index (κ1) is 12.2. The summed E-state index contributed by atoms with van der Waals surface area (Å²) in [6, 6.07) is 13.2. The lowest BCUT2D eigenvalue weighted by atomic mass is 10.0. The summed E-state index contributed by atoms with van der Waals surface area (Å²) in [6.45, 7) is 0. The van der Waals surface area contributed by atoms with Crippen molar-refractivity contribution in [1.29, 1.82) is 0 Å². The smallest absolute Gasteiger partial charge is 0.166 e. The summed E-state index contributed by atoms with van der Waals surface area (Å²) in [5.74, 6) is 0. The van der Waals surface area contributed by atoms with E-state index < -0.39 is 11.7 Å². The van der Waals surface area contributed by atoms with Gasteiger partial charge in [0.1, 0.15) is 0 Å². The Balaban J connectivity index is 2.17. The molecule has 3 aromatic rings. The molecule has 0 N–H and O–H groups in total. The molecule has 0 nitrogen and oxygen atoms in total. The van der Waals surface area contributed by atoms with E-state index in [1.54, 1.807) is 17.4 Å². The molecule has 0 aliphatic heterocycles. The minimum Gasteiger partial charge on any atom is -0.166 e. The number of alkyl halides is 3. The normalized spacial score (nSPS) is 11.9. The van der Waals surface area contributed by atoms with Crippen LogP contribution in [0.4, 0.5) is 13.2 Å². The Kier molecular flexibility index (Phi) is 2.82. The number of benzene rings is 2. The SMILES string of the molecule is FC(F)(F)c1cccc(-c2csc3ccccc23)c1. The van der Waals surface area contributed by atoms with Crippen LogP contribution in [0.25, 0.3) is 21.2 Å². The molecule has 0 saturated heterocycles. The zero-order valence-electron chi connectivity index (χ0n) is 9.74. The van der Waals surface area contributed by atoms with E-state index in [2.05, 4.69) is 0 Å². The molecule has 3 rings (SSSR count). The molecular formula is C15H9F3S. The highest BCUT2D eigenvalue weighted by atomic mass is 32.1. The monoisotopic (exact) mass is 278 g/mol. The van der Waals surface area contributed by atoms with E-state index in [4.69, 9.17) is 0 Å². The zero-order chi connectivity index (χ0) is 13.5. The maximum absolute atomic E-state index is 12.7. The highest BCUT2D eigenvalue weighted by Crippen LogP contribution is 2.36. The maximum Gasteiger partial charge on any atom is 0.416 e. The summed E-state index contributed by atoms with van der Waals surface area (Å²) in [5, 5.41) is 2.90. The zero-order valence-corrected chi connectivity index (χ0v) is 10.6. The summed E-state index contributed by atoms with van der Waals surface area (Å²) >= 11 is 1.54. The molecule has 0 atom stereocenters. The van der Waals surface area contributed by atoms with Gasteiger partial charge in [-0.05, 0) is 29.1 Å². The minimum absolute atomic E-state index is 0.604. The Morgan fingerprint density at radius 3 is 2.47 bits per heavy atom. The number of hydrogen-bond acceptors (Lipinski definition) is 1. The second-order valence-electron chi connectivity index (χ2n) is 4.22. The van der Waals surface area contributed by atoms with Crippen LogP contribution < -0.4 is 0 Å². The van der Waals surface area contributed by atoms with Crippen molar-refractivity contribution in [2.45, 2.75) is 6.18 Å².